The van der Waals surface area contributed by atoms with Crippen LogP contribution in [0.5, 0.6) is 5.75 Å². The SMILES string of the molecule is COc1ccccc1-c1ccc2c(C3CN(Cc4ccccn4)CCN3C)nnn2c1.O=C(O)C(F)(F)F.O=C(O)C(F)(F)F. The molecule has 1 fully saturated rings. The van der Waals surface area contributed by atoms with E-state index in [1.807, 2.05) is 47.2 Å². The minimum Gasteiger partial charge on any atom is -0.496 e. The van der Waals surface area contributed by atoms with E-state index < -0.39 is 24.3 Å². The minimum atomic E-state index is -5.08. The number of aliphatic carboxylic acids is 2. The Balaban J connectivity index is 0.000000331. The molecular formula is C28H28F6N6O5. The molecule has 0 bridgehead atoms. The number of para-hydroxylation sites is 1. The van der Waals surface area contributed by atoms with Gasteiger partial charge in [-0.3, -0.25) is 14.8 Å². The van der Waals surface area contributed by atoms with Crippen LogP contribution in [0.1, 0.15) is 17.4 Å². The molecule has 1 atom stereocenters. The first-order chi connectivity index (χ1) is 21.1. The number of carboxylic acids is 2. The van der Waals surface area contributed by atoms with Crippen molar-refractivity contribution in [2.75, 3.05) is 33.8 Å². The number of methoxy groups -OCH3 is 1. The maximum absolute atomic E-state index is 10.6. The number of likely N-dealkylation sites (N-methyl/N-ethyl adjacent to an activating group) is 1. The molecule has 0 saturated carbocycles. The zero-order chi connectivity index (χ0) is 33.4. The van der Waals surface area contributed by atoms with Gasteiger partial charge in [-0.1, -0.05) is 35.5 Å². The Morgan fingerprint density at radius 1 is 0.933 bits per heavy atom. The van der Waals surface area contributed by atoms with E-state index in [-0.39, 0.29) is 6.04 Å². The molecule has 0 amide bonds. The summed E-state index contributed by atoms with van der Waals surface area (Å²) in [6.07, 6.45) is -6.28. The molecule has 17 heteroatoms. The van der Waals surface area contributed by atoms with Gasteiger partial charge in [0.15, 0.2) is 0 Å². The van der Waals surface area contributed by atoms with Crippen molar-refractivity contribution < 1.29 is 50.9 Å². The van der Waals surface area contributed by atoms with Gasteiger partial charge in [-0.2, -0.15) is 26.3 Å². The van der Waals surface area contributed by atoms with Gasteiger partial charge in [-0.25, -0.2) is 14.1 Å². The van der Waals surface area contributed by atoms with Gasteiger partial charge < -0.3 is 14.9 Å². The maximum atomic E-state index is 10.6. The number of ether oxygens (including phenoxy) is 1. The van der Waals surface area contributed by atoms with E-state index in [4.69, 9.17) is 24.5 Å². The van der Waals surface area contributed by atoms with E-state index in [1.165, 1.54) is 0 Å². The Morgan fingerprint density at radius 3 is 2.13 bits per heavy atom. The topological polar surface area (TPSA) is 133 Å². The number of benzene rings is 1. The average Bonchev–Trinajstić information content (AvgIpc) is 3.41. The number of pyridine rings is 2. The number of hydrogen-bond acceptors (Lipinski definition) is 8. The van der Waals surface area contributed by atoms with Crippen LogP contribution in [-0.4, -0.2) is 97.9 Å². The molecule has 0 aliphatic carbocycles. The lowest BCUT2D eigenvalue weighted by Gasteiger charge is -2.38. The second kappa shape index (κ2) is 14.8. The van der Waals surface area contributed by atoms with Crippen LogP contribution in [0.15, 0.2) is 67.0 Å². The zero-order valence-corrected chi connectivity index (χ0v) is 23.8. The van der Waals surface area contributed by atoms with Gasteiger partial charge >= 0.3 is 24.3 Å². The summed E-state index contributed by atoms with van der Waals surface area (Å²) in [5.41, 5.74) is 5.24. The number of rotatable bonds is 5. The van der Waals surface area contributed by atoms with Crippen molar-refractivity contribution in [3.05, 3.63) is 78.4 Å². The van der Waals surface area contributed by atoms with Crippen molar-refractivity contribution in [3.63, 3.8) is 0 Å². The van der Waals surface area contributed by atoms with Crippen LogP contribution >= 0.6 is 0 Å². The van der Waals surface area contributed by atoms with E-state index in [1.54, 1.807) is 7.11 Å². The van der Waals surface area contributed by atoms with Gasteiger partial charge in [0.25, 0.3) is 0 Å². The number of alkyl halides is 6. The number of carbonyl (C=O) groups is 2. The van der Waals surface area contributed by atoms with Crippen molar-refractivity contribution in [2.24, 2.45) is 0 Å². The Morgan fingerprint density at radius 2 is 1.56 bits per heavy atom. The largest absolute Gasteiger partial charge is 0.496 e. The van der Waals surface area contributed by atoms with Crippen molar-refractivity contribution >= 4 is 17.5 Å². The average molecular weight is 643 g/mol. The number of nitrogens with zero attached hydrogens (tertiary/aromatic N) is 6. The van der Waals surface area contributed by atoms with Crippen LogP contribution in [0.2, 0.25) is 0 Å². The van der Waals surface area contributed by atoms with E-state index in [0.29, 0.717) is 0 Å². The number of fused-ring (bicyclic) bond motifs is 1. The lowest BCUT2D eigenvalue weighted by molar-refractivity contribution is -0.193. The van der Waals surface area contributed by atoms with Gasteiger partial charge in [0.1, 0.15) is 11.4 Å². The van der Waals surface area contributed by atoms with Crippen LogP contribution in [0.4, 0.5) is 26.3 Å². The highest BCUT2D eigenvalue weighted by atomic mass is 19.4. The molecule has 4 aromatic rings. The highest BCUT2D eigenvalue weighted by Crippen LogP contribution is 2.32. The Kier molecular flexibility index (Phi) is 11.4. The van der Waals surface area contributed by atoms with Gasteiger partial charge in [-0.05, 0) is 31.3 Å². The summed E-state index contributed by atoms with van der Waals surface area (Å²) in [6, 6.07) is 18.5. The molecule has 4 heterocycles. The number of carboxylic acid groups (broad SMARTS) is 2. The van der Waals surface area contributed by atoms with Crippen LogP contribution in [0, 0.1) is 0 Å². The van der Waals surface area contributed by atoms with Crippen LogP contribution < -0.4 is 4.74 Å². The molecule has 45 heavy (non-hydrogen) atoms. The molecular weight excluding hydrogens is 614 g/mol. The first-order valence-corrected chi connectivity index (χ1v) is 13.0. The first-order valence-electron chi connectivity index (χ1n) is 13.0. The second-order valence-corrected chi connectivity index (χ2v) is 9.58. The van der Waals surface area contributed by atoms with Crippen molar-refractivity contribution in [2.45, 2.75) is 24.9 Å². The van der Waals surface area contributed by atoms with Crippen LogP contribution in [-0.2, 0) is 16.1 Å². The van der Waals surface area contributed by atoms with E-state index in [0.717, 1.165) is 60.0 Å². The molecule has 11 nitrogen and oxygen atoms in total. The summed E-state index contributed by atoms with van der Waals surface area (Å²) in [5.74, 6) is -4.67. The smallest absolute Gasteiger partial charge is 0.490 e. The standard InChI is InChI=1S/C24H26N6O.2C2HF3O2/c1-28-13-14-29(16-19-7-5-6-12-25-19)17-22(28)24-21-11-10-18(15-30(21)27-26-24)20-8-3-4-9-23(20)31-2;2*3-2(4,5)1(6)7/h3-12,15,22H,13-14,16-17H2,1-2H3;2*(H,6,7). The van der Waals surface area contributed by atoms with Crippen LogP contribution in [0.25, 0.3) is 16.6 Å². The summed E-state index contributed by atoms with van der Waals surface area (Å²) in [6.45, 7) is 3.74. The summed E-state index contributed by atoms with van der Waals surface area (Å²) < 4.78 is 70.9. The predicted octanol–water partition coefficient (Wildman–Crippen LogP) is 4.56. The number of halogens is 6. The third kappa shape index (κ3) is 9.61. The predicted molar refractivity (Wildman–Crippen MR) is 147 cm³/mol. The minimum absolute atomic E-state index is 0.187. The fourth-order valence-electron chi connectivity index (χ4n) is 4.28. The molecule has 242 valence electrons. The quantitative estimate of drug-likeness (QED) is 0.299. The Bertz CT molecular complexity index is 1560. The molecule has 1 unspecified atom stereocenters. The fourth-order valence-corrected chi connectivity index (χ4v) is 4.28. The summed E-state index contributed by atoms with van der Waals surface area (Å²) in [7, 11) is 3.86. The first kappa shape index (κ1) is 34.7. The highest BCUT2D eigenvalue weighted by molar-refractivity contribution is 5.73. The van der Waals surface area contributed by atoms with E-state index in [9.17, 15) is 26.3 Å². The third-order valence-corrected chi connectivity index (χ3v) is 6.50. The Labute approximate surface area is 252 Å². The Hall–Kier alpha value is -4.77. The summed E-state index contributed by atoms with van der Waals surface area (Å²) in [5, 5.41) is 23.3. The number of hydrogen-bond donors (Lipinski definition) is 2. The molecule has 3 aromatic heterocycles. The van der Waals surface area contributed by atoms with E-state index in [2.05, 4.69) is 56.4 Å². The summed E-state index contributed by atoms with van der Waals surface area (Å²) >= 11 is 0. The van der Waals surface area contributed by atoms with Gasteiger partial charge in [-0.15, -0.1) is 5.10 Å². The molecule has 2 N–H and O–H groups in total. The van der Waals surface area contributed by atoms with Gasteiger partial charge in [0, 0.05) is 49.7 Å². The molecule has 1 saturated heterocycles. The molecule has 0 radical (unpaired) electrons. The second-order valence-electron chi connectivity index (χ2n) is 9.58. The van der Waals surface area contributed by atoms with Crippen molar-refractivity contribution in [1.82, 2.24) is 29.6 Å². The lowest BCUT2D eigenvalue weighted by atomic mass is 10.0. The molecule has 1 aromatic carbocycles. The molecule has 1 aliphatic heterocycles. The number of aromatic nitrogens is 4. The van der Waals surface area contributed by atoms with E-state index >= 15 is 0 Å². The van der Waals surface area contributed by atoms with Gasteiger partial charge in [0.05, 0.1) is 24.4 Å². The zero-order valence-electron chi connectivity index (χ0n) is 23.8. The van der Waals surface area contributed by atoms with Crippen LogP contribution in [0.3, 0.4) is 0 Å². The summed E-state index contributed by atoms with van der Waals surface area (Å²) in [4.78, 5) is 27.1. The van der Waals surface area contributed by atoms with Gasteiger partial charge in [0.2, 0.25) is 0 Å². The number of piperazine rings is 1. The fraction of sp³-hybridized carbons (Fsp3) is 0.321. The van der Waals surface area contributed by atoms with Crippen molar-refractivity contribution in [1.29, 1.82) is 0 Å². The normalized spacial score (nSPS) is 15.8. The monoisotopic (exact) mass is 642 g/mol. The highest BCUT2D eigenvalue weighted by Gasteiger charge is 2.39. The molecule has 5 rings (SSSR count). The molecule has 1 aliphatic rings. The third-order valence-electron chi connectivity index (χ3n) is 6.50. The van der Waals surface area contributed by atoms with Crippen molar-refractivity contribution in [3.8, 4) is 16.9 Å². The molecule has 0 spiro atoms. The maximum Gasteiger partial charge on any atom is 0.490 e. The lowest BCUT2D eigenvalue weighted by Crippen LogP contribution is -2.46.